The van der Waals surface area contributed by atoms with Gasteiger partial charge in [0.05, 0.1) is 16.8 Å². The molecule has 0 spiro atoms. The predicted molar refractivity (Wildman–Crippen MR) is 149 cm³/mol. The van der Waals surface area contributed by atoms with E-state index >= 15 is 0 Å². The Hall–Kier alpha value is -5.02. The van der Waals surface area contributed by atoms with Gasteiger partial charge in [-0.25, -0.2) is 10.2 Å². The van der Waals surface area contributed by atoms with Gasteiger partial charge in [-0.3, -0.25) is 4.79 Å². The van der Waals surface area contributed by atoms with Crippen molar-refractivity contribution >= 4 is 29.7 Å². The summed E-state index contributed by atoms with van der Waals surface area (Å²) in [7, 11) is 0. The number of hydrogen-bond donors (Lipinski definition) is 2. The molecule has 0 atom stereocenters. The third-order valence-electron chi connectivity index (χ3n) is 6.10. The number of aryl methyl sites for hydroxylation is 2. The van der Waals surface area contributed by atoms with Crippen LogP contribution in [-0.4, -0.2) is 27.8 Å². The van der Waals surface area contributed by atoms with Gasteiger partial charge in [-0.2, -0.15) is 5.10 Å². The Kier molecular flexibility index (Phi) is 7.56. The van der Waals surface area contributed by atoms with Crippen molar-refractivity contribution in [3.05, 3.63) is 118 Å². The van der Waals surface area contributed by atoms with E-state index in [0.717, 1.165) is 17.1 Å². The Balaban J connectivity index is 1.15. The van der Waals surface area contributed by atoms with Crippen LogP contribution in [0.2, 0.25) is 5.02 Å². The van der Waals surface area contributed by atoms with E-state index < -0.39 is 11.9 Å². The van der Waals surface area contributed by atoms with E-state index in [1.54, 1.807) is 18.2 Å². The number of benzene rings is 2. The molecule has 0 aliphatic carbocycles. The number of nitrogens with one attached hydrogen (secondary N) is 1. The summed E-state index contributed by atoms with van der Waals surface area (Å²) in [6, 6.07) is 22.6. The first-order chi connectivity index (χ1) is 19.3. The second kappa shape index (κ2) is 11.4. The van der Waals surface area contributed by atoms with Crippen LogP contribution in [0.15, 0.2) is 92.8 Å². The summed E-state index contributed by atoms with van der Waals surface area (Å²) < 4.78 is 19.2. The fraction of sp³-hybridized carbons (Fsp3) is 0.100. The molecule has 0 aliphatic heterocycles. The molecule has 40 heavy (non-hydrogen) atoms. The molecule has 2 N–H and O–H groups in total. The van der Waals surface area contributed by atoms with Crippen molar-refractivity contribution in [3.8, 4) is 22.8 Å². The molecule has 10 heteroatoms. The second-order valence-corrected chi connectivity index (χ2v) is 9.31. The van der Waals surface area contributed by atoms with E-state index in [1.807, 2.05) is 24.3 Å². The van der Waals surface area contributed by atoms with Crippen molar-refractivity contribution in [2.75, 3.05) is 0 Å². The van der Waals surface area contributed by atoms with Crippen molar-refractivity contribution in [1.29, 1.82) is 0 Å². The van der Waals surface area contributed by atoms with Gasteiger partial charge in [0.1, 0.15) is 29.6 Å². The lowest BCUT2D eigenvalue weighted by Gasteiger charge is -2.10. The van der Waals surface area contributed by atoms with Crippen LogP contribution < -0.4 is 10.2 Å². The van der Waals surface area contributed by atoms with E-state index in [-0.39, 0.29) is 17.9 Å². The highest BCUT2D eigenvalue weighted by molar-refractivity contribution is 6.33. The molecule has 0 saturated carbocycles. The molecule has 3 heterocycles. The summed E-state index contributed by atoms with van der Waals surface area (Å²) in [4.78, 5) is 23.7. The Morgan fingerprint density at radius 1 is 0.975 bits per heavy atom. The van der Waals surface area contributed by atoms with Gasteiger partial charge in [0.15, 0.2) is 5.76 Å². The molecule has 5 rings (SSSR count). The number of carboxylic acid groups (broad SMARTS) is 1. The second-order valence-electron chi connectivity index (χ2n) is 8.90. The largest absolute Gasteiger partial charge is 0.486 e. The summed E-state index contributed by atoms with van der Waals surface area (Å²) in [6.07, 6.45) is 1.31. The Bertz CT molecular complexity index is 1690. The number of ether oxygens (including phenoxy) is 1. The number of rotatable bonds is 9. The van der Waals surface area contributed by atoms with E-state index in [0.29, 0.717) is 33.6 Å². The van der Waals surface area contributed by atoms with Crippen LogP contribution in [0.5, 0.6) is 5.75 Å². The number of aromatic nitrogens is 1. The zero-order chi connectivity index (χ0) is 28.2. The van der Waals surface area contributed by atoms with E-state index in [4.69, 9.17) is 25.2 Å². The maximum atomic E-state index is 12.4. The van der Waals surface area contributed by atoms with Crippen molar-refractivity contribution < 1.29 is 28.3 Å². The summed E-state index contributed by atoms with van der Waals surface area (Å²) in [5, 5.41) is 13.4. The molecule has 0 radical (unpaired) electrons. The first kappa shape index (κ1) is 26.6. The summed E-state index contributed by atoms with van der Waals surface area (Å²) >= 11 is 6.19. The molecule has 0 aliphatic rings. The van der Waals surface area contributed by atoms with Gasteiger partial charge in [-0.05, 0) is 92.7 Å². The van der Waals surface area contributed by atoms with Gasteiger partial charge in [0.2, 0.25) is 0 Å². The normalized spacial score (nSPS) is 11.2. The van der Waals surface area contributed by atoms with Gasteiger partial charge in [0, 0.05) is 22.6 Å². The van der Waals surface area contributed by atoms with Crippen molar-refractivity contribution in [3.63, 3.8) is 0 Å². The first-order valence-corrected chi connectivity index (χ1v) is 12.6. The maximum Gasteiger partial charge on any atom is 0.335 e. The quantitative estimate of drug-likeness (QED) is 0.155. The molecule has 3 aromatic heterocycles. The molecule has 202 valence electrons. The van der Waals surface area contributed by atoms with Gasteiger partial charge in [-0.15, -0.1) is 0 Å². The standard InChI is InChI=1S/C30H24ClN3O6/c1-18-3-4-19(2)34(18)21-6-8-22(9-7-21)38-17-24-11-14-28(40-24)29(35)33-32-16-23-10-13-27(39-23)25-15-20(30(36)37)5-12-26(25)31/h3-16H,17H2,1-2H3,(H,33,35)(H,36,37)/b32-16+. The SMILES string of the molecule is Cc1ccc(C)n1-c1ccc(OCc2ccc(C(=O)N/N=C/c3ccc(-c4cc(C(=O)O)ccc4Cl)o3)o2)cc1. The van der Waals surface area contributed by atoms with Crippen molar-refractivity contribution in [2.45, 2.75) is 20.5 Å². The monoisotopic (exact) mass is 557 g/mol. The van der Waals surface area contributed by atoms with Crippen LogP contribution in [0.4, 0.5) is 0 Å². The molecule has 1 amide bonds. The van der Waals surface area contributed by atoms with Crippen LogP contribution >= 0.6 is 11.6 Å². The molecule has 9 nitrogen and oxygen atoms in total. The average Bonchev–Trinajstić information content (AvgIpc) is 3.69. The molecule has 5 aromatic rings. The number of amides is 1. The fourth-order valence-electron chi connectivity index (χ4n) is 4.12. The maximum absolute atomic E-state index is 12.4. The van der Waals surface area contributed by atoms with Crippen LogP contribution in [-0.2, 0) is 6.61 Å². The lowest BCUT2D eigenvalue weighted by molar-refractivity contribution is 0.0696. The molecule has 0 fully saturated rings. The van der Waals surface area contributed by atoms with Crippen LogP contribution in [0.25, 0.3) is 17.0 Å². The molecule has 0 bridgehead atoms. The van der Waals surface area contributed by atoms with Crippen molar-refractivity contribution in [2.24, 2.45) is 5.10 Å². The van der Waals surface area contributed by atoms with Crippen LogP contribution in [0, 0.1) is 13.8 Å². The zero-order valence-corrected chi connectivity index (χ0v) is 22.3. The fourth-order valence-corrected chi connectivity index (χ4v) is 4.33. The van der Waals surface area contributed by atoms with Gasteiger partial charge < -0.3 is 23.2 Å². The highest BCUT2D eigenvalue weighted by Crippen LogP contribution is 2.30. The lowest BCUT2D eigenvalue weighted by Crippen LogP contribution is -2.16. The molecule has 0 saturated heterocycles. The minimum Gasteiger partial charge on any atom is -0.486 e. The highest BCUT2D eigenvalue weighted by atomic mass is 35.5. The predicted octanol–water partition coefficient (Wildman–Crippen LogP) is 6.64. The van der Waals surface area contributed by atoms with Crippen LogP contribution in [0.1, 0.15) is 43.8 Å². The third-order valence-corrected chi connectivity index (χ3v) is 6.43. The molecule has 2 aromatic carbocycles. The Morgan fingerprint density at radius 2 is 1.73 bits per heavy atom. The average molecular weight is 558 g/mol. The number of carbonyl (C=O) groups excluding carboxylic acids is 1. The number of hydrogen-bond acceptors (Lipinski definition) is 6. The molecule has 0 unspecified atom stereocenters. The number of carboxylic acids is 1. The number of furan rings is 2. The Labute approximate surface area is 234 Å². The van der Waals surface area contributed by atoms with Gasteiger partial charge >= 0.3 is 11.9 Å². The van der Waals surface area contributed by atoms with E-state index in [9.17, 15) is 14.7 Å². The number of carbonyl (C=O) groups is 2. The lowest BCUT2D eigenvalue weighted by atomic mass is 10.1. The zero-order valence-electron chi connectivity index (χ0n) is 21.6. The summed E-state index contributed by atoms with van der Waals surface area (Å²) in [6.45, 7) is 4.27. The smallest absolute Gasteiger partial charge is 0.335 e. The van der Waals surface area contributed by atoms with Gasteiger partial charge in [-0.1, -0.05) is 11.6 Å². The van der Waals surface area contributed by atoms with E-state index in [2.05, 4.69) is 41.1 Å². The highest BCUT2D eigenvalue weighted by Gasteiger charge is 2.14. The number of aromatic carboxylic acids is 1. The number of hydrazone groups is 1. The minimum atomic E-state index is -1.07. The first-order valence-electron chi connectivity index (χ1n) is 12.2. The summed E-state index contributed by atoms with van der Waals surface area (Å²) in [5.41, 5.74) is 6.24. The van der Waals surface area contributed by atoms with Crippen LogP contribution in [0.3, 0.4) is 0 Å². The molecular formula is C30H24ClN3O6. The minimum absolute atomic E-state index is 0.0713. The van der Waals surface area contributed by atoms with Crippen molar-refractivity contribution in [1.82, 2.24) is 9.99 Å². The Morgan fingerprint density at radius 3 is 2.45 bits per heavy atom. The topological polar surface area (TPSA) is 119 Å². The third kappa shape index (κ3) is 5.84. The number of halogens is 1. The van der Waals surface area contributed by atoms with Gasteiger partial charge in [0.25, 0.3) is 0 Å². The summed E-state index contributed by atoms with van der Waals surface area (Å²) in [5.74, 6) is 0.290. The van der Waals surface area contributed by atoms with E-state index in [1.165, 1.54) is 30.5 Å². The number of nitrogens with zero attached hydrogens (tertiary/aromatic N) is 2. The molecular weight excluding hydrogens is 534 g/mol.